The molecule has 0 aliphatic heterocycles. The number of carboxylic acids is 1. The summed E-state index contributed by atoms with van der Waals surface area (Å²) in [5, 5.41) is 11.2. The summed E-state index contributed by atoms with van der Waals surface area (Å²) in [5.41, 5.74) is 0.791. The molecular weight excluding hydrogens is 194 g/mol. The van der Waals surface area contributed by atoms with E-state index in [0.717, 1.165) is 5.69 Å². The zero-order valence-electron chi connectivity index (χ0n) is 8.28. The van der Waals surface area contributed by atoms with Gasteiger partial charge in [0.2, 0.25) is 0 Å². The predicted octanol–water partition coefficient (Wildman–Crippen LogP) is 1.20. The molecule has 0 aliphatic rings. The van der Waals surface area contributed by atoms with E-state index in [4.69, 9.17) is 9.84 Å². The number of benzene rings is 1. The number of carboxylic acid groups (broad SMARTS) is 1. The number of nitrogens with one attached hydrogen (secondary N) is 1. The number of rotatable bonds is 3. The molecule has 0 saturated carbocycles. The molecule has 0 aromatic heterocycles. The van der Waals surface area contributed by atoms with Crippen LogP contribution in [0.15, 0.2) is 24.3 Å². The molecule has 78 valence electrons. The molecule has 0 radical (unpaired) electrons. The molecule has 0 spiro atoms. The maximum absolute atomic E-state index is 10.1. The van der Waals surface area contributed by atoms with E-state index < -0.39 is 5.97 Å². The highest BCUT2D eigenvalue weighted by Gasteiger charge is 1.97. The molecule has 0 atom stereocenters. The van der Waals surface area contributed by atoms with E-state index in [1.54, 1.807) is 7.11 Å². The molecule has 4 nitrogen and oxygen atoms in total. The Morgan fingerprint density at radius 3 is 2.93 bits per heavy atom. The maximum atomic E-state index is 10.1. The van der Waals surface area contributed by atoms with Gasteiger partial charge in [-0.3, -0.25) is 0 Å². The average Bonchev–Trinajstić information content (AvgIpc) is 2.24. The third-order valence-corrected chi connectivity index (χ3v) is 1.67. The minimum atomic E-state index is -1.13. The van der Waals surface area contributed by atoms with Crippen LogP contribution in [0.2, 0.25) is 0 Å². The summed E-state index contributed by atoms with van der Waals surface area (Å²) in [6, 6.07) is 7.36. The molecule has 0 heterocycles. The summed E-state index contributed by atoms with van der Waals surface area (Å²) < 4.78 is 5.10. The molecule has 1 rings (SSSR count). The fraction of sp³-hybridized carbons (Fsp3) is 0.182. The van der Waals surface area contributed by atoms with Gasteiger partial charge in [0.25, 0.3) is 0 Å². The van der Waals surface area contributed by atoms with Gasteiger partial charge in [-0.2, -0.15) is 0 Å². The van der Waals surface area contributed by atoms with Gasteiger partial charge in [0.15, 0.2) is 0 Å². The number of hydrogen-bond acceptors (Lipinski definition) is 3. The third-order valence-electron chi connectivity index (χ3n) is 1.67. The topological polar surface area (TPSA) is 58.6 Å². The molecule has 1 aromatic rings. The van der Waals surface area contributed by atoms with Crippen LogP contribution in [0.5, 0.6) is 5.75 Å². The van der Waals surface area contributed by atoms with Gasteiger partial charge < -0.3 is 15.2 Å². The van der Waals surface area contributed by atoms with Crippen LogP contribution in [-0.4, -0.2) is 24.7 Å². The fourth-order valence-corrected chi connectivity index (χ4v) is 1.05. The number of carbonyl (C=O) groups is 1. The number of hydrogen-bond donors (Lipinski definition) is 2. The summed E-state index contributed by atoms with van der Waals surface area (Å²) in [7, 11) is 1.57. The van der Waals surface area contributed by atoms with Crippen molar-refractivity contribution in [2.75, 3.05) is 19.0 Å². The first-order valence-electron chi connectivity index (χ1n) is 4.32. The molecule has 1 aromatic carbocycles. The van der Waals surface area contributed by atoms with Crippen LogP contribution in [0.3, 0.4) is 0 Å². The first-order chi connectivity index (χ1) is 7.24. The van der Waals surface area contributed by atoms with E-state index in [1.165, 1.54) is 0 Å². The Bertz CT molecular complexity index is 404. The van der Waals surface area contributed by atoms with Crippen molar-refractivity contribution in [3.63, 3.8) is 0 Å². The monoisotopic (exact) mass is 205 g/mol. The lowest BCUT2D eigenvalue weighted by molar-refractivity contribution is -0.130. The van der Waals surface area contributed by atoms with Crippen LogP contribution < -0.4 is 10.1 Å². The van der Waals surface area contributed by atoms with E-state index in [9.17, 15) is 4.79 Å². The molecule has 0 unspecified atom stereocenters. The highest BCUT2D eigenvalue weighted by Crippen LogP contribution is 2.22. The molecule has 0 saturated heterocycles. The van der Waals surface area contributed by atoms with Gasteiger partial charge in [0.05, 0.1) is 19.3 Å². The number of methoxy groups -OCH3 is 1. The summed E-state index contributed by atoms with van der Waals surface area (Å²) >= 11 is 0. The van der Waals surface area contributed by atoms with Gasteiger partial charge in [-0.25, -0.2) is 4.79 Å². The SMILES string of the molecule is COc1ccccc1NCC#CC(=O)O. The van der Waals surface area contributed by atoms with Gasteiger partial charge in [-0.1, -0.05) is 18.1 Å². The third kappa shape index (κ3) is 3.61. The van der Waals surface area contributed by atoms with Gasteiger partial charge in [-0.05, 0) is 12.1 Å². The van der Waals surface area contributed by atoms with Crippen molar-refractivity contribution < 1.29 is 14.6 Å². The maximum Gasteiger partial charge on any atom is 0.381 e. The Labute approximate surface area is 87.9 Å². The van der Waals surface area contributed by atoms with Crippen molar-refractivity contribution in [3.05, 3.63) is 24.3 Å². The van der Waals surface area contributed by atoms with Crippen molar-refractivity contribution in [2.24, 2.45) is 0 Å². The van der Waals surface area contributed by atoms with E-state index in [-0.39, 0.29) is 6.54 Å². The minimum Gasteiger partial charge on any atom is -0.495 e. The second-order valence-electron chi connectivity index (χ2n) is 2.66. The fourth-order valence-electron chi connectivity index (χ4n) is 1.05. The quantitative estimate of drug-likeness (QED) is 0.728. The molecule has 15 heavy (non-hydrogen) atoms. The number of anilines is 1. The standard InChI is InChI=1S/C11H11NO3/c1-15-10-6-3-2-5-9(10)12-8-4-7-11(13)14/h2-3,5-6,12H,8H2,1H3,(H,13,14). The Kier molecular flexibility index (Phi) is 4.05. The van der Waals surface area contributed by atoms with E-state index in [0.29, 0.717) is 5.75 Å². The van der Waals surface area contributed by atoms with Crippen molar-refractivity contribution in [1.29, 1.82) is 0 Å². The first kappa shape index (κ1) is 10.9. The lowest BCUT2D eigenvalue weighted by Crippen LogP contribution is -2.01. The highest BCUT2D eigenvalue weighted by molar-refractivity contribution is 5.86. The van der Waals surface area contributed by atoms with Crippen LogP contribution in [0.25, 0.3) is 0 Å². The van der Waals surface area contributed by atoms with Crippen molar-refractivity contribution in [2.45, 2.75) is 0 Å². The molecular formula is C11H11NO3. The Morgan fingerprint density at radius 2 is 2.27 bits per heavy atom. The molecule has 2 N–H and O–H groups in total. The van der Waals surface area contributed by atoms with E-state index in [1.807, 2.05) is 30.2 Å². The predicted molar refractivity (Wildman–Crippen MR) is 56.9 cm³/mol. The zero-order chi connectivity index (χ0) is 11.1. The van der Waals surface area contributed by atoms with Gasteiger partial charge in [0, 0.05) is 5.92 Å². The molecule has 0 amide bonds. The average molecular weight is 205 g/mol. The van der Waals surface area contributed by atoms with Gasteiger partial charge in [0.1, 0.15) is 5.75 Å². The number of aliphatic carboxylic acids is 1. The van der Waals surface area contributed by atoms with E-state index in [2.05, 4.69) is 11.2 Å². The second kappa shape index (κ2) is 5.55. The normalized spacial score (nSPS) is 8.60. The summed E-state index contributed by atoms with van der Waals surface area (Å²) in [6.45, 7) is 0.271. The molecule has 4 heteroatoms. The minimum absolute atomic E-state index is 0.271. The largest absolute Gasteiger partial charge is 0.495 e. The Balaban J connectivity index is 2.58. The zero-order valence-corrected chi connectivity index (χ0v) is 8.28. The van der Waals surface area contributed by atoms with Crippen molar-refractivity contribution in [1.82, 2.24) is 0 Å². The summed E-state index contributed by atoms with van der Waals surface area (Å²) in [5.74, 6) is 4.06. The van der Waals surface area contributed by atoms with Crippen molar-refractivity contribution in [3.8, 4) is 17.6 Å². The van der Waals surface area contributed by atoms with Gasteiger partial charge >= 0.3 is 5.97 Å². The first-order valence-corrected chi connectivity index (χ1v) is 4.32. The second-order valence-corrected chi connectivity index (χ2v) is 2.66. The highest BCUT2D eigenvalue weighted by atomic mass is 16.5. The molecule has 0 fully saturated rings. The smallest absolute Gasteiger partial charge is 0.381 e. The molecule has 0 aliphatic carbocycles. The van der Waals surface area contributed by atoms with Crippen LogP contribution in [0, 0.1) is 11.8 Å². The summed E-state index contributed by atoms with van der Waals surface area (Å²) in [4.78, 5) is 10.1. The van der Waals surface area contributed by atoms with Crippen LogP contribution in [0.4, 0.5) is 5.69 Å². The Morgan fingerprint density at radius 1 is 1.53 bits per heavy atom. The molecule has 0 bridgehead atoms. The van der Waals surface area contributed by atoms with E-state index >= 15 is 0 Å². The van der Waals surface area contributed by atoms with Gasteiger partial charge in [-0.15, -0.1) is 0 Å². The number of para-hydroxylation sites is 2. The van der Waals surface area contributed by atoms with Crippen LogP contribution in [-0.2, 0) is 4.79 Å². The lowest BCUT2D eigenvalue weighted by Gasteiger charge is -2.07. The van der Waals surface area contributed by atoms with Crippen molar-refractivity contribution >= 4 is 11.7 Å². The number of ether oxygens (including phenoxy) is 1. The summed E-state index contributed by atoms with van der Waals surface area (Å²) in [6.07, 6.45) is 0. The van der Waals surface area contributed by atoms with Crippen LogP contribution in [0.1, 0.15) is 0 Å². The van der Waals surface area contributed by atoms with Crippen LogP contribution >= 0.6 is 0 Å². The lowest BCUT2D eigenvalue weighted by atomic mass is 10.3. The Hall–Kier alpha value is -2.15.